The standard InChI is InChI=1S/C23H24N2O4/c1-13-9-11-15(12-10-13)25-20(26)17-18(21(25)27)23(3,22(28)29-4)24-19(17)16-8-6-5-7-14(16)2/h5-12,17-19,24H,1-4H3/p+1/t17-,18+,19+,23+/m0/s1. The predicted octanol–water partition coefficient (Wildman–Crippen LogP) is 1.66. The van der Waals surface area contributed by atoms with Crippen molar-refractivity contribution in [3.05, 3.63) is 65.2 Å². The Bertz CT molecular complexity index is 1000. The third-order valence-electron chi connectivity index (χ3n) is 6.37. The van der Waals surface area contributed by atoms with Gasteiger partial charge in [0.2, 0.25) is 17.4 Å². The minimum atomic E-state index is -1.17. The molecule has 6 nitrogen and oxygen atoms in total. The summed E-state index contributed by atoms with van der Waals surface area (Å²) in [4.78, 5) is 41.0. The number of carbonyl (C=O) groups excluding carboxylic acids is 3. The number of benzene rings is 2. The molecule has 2 heterocycles. The molecule has 0 aromatic heterocycles. The minimum absolute atomic E-state index is 0.263. The van der Waals surface area contributed by atoms with Crippen molar-refractivity contribution in [2.24, 2.45) is 11.8 Å². The Morgan fingerprint density at radius 2 is 1.69 bits per heavy atom. The van der Waals surface area contributed by atoms with Gasteiger partial charge in [0.05, 0.1) is 12.8 Å². The molecule has 2 aliphatic heterocycles. The number of imide groups is 1. The first-order chi connectivity index (χ1) is 13.8. The first-order valence-electron chi connectivity index (χ1n) is 9.74. The van der Waals surface area contributed by atoms with Crippen LogP contribution in [0.2, 0.25) is 0 Å². The molecule has 29 heavy (non-hydrogen) atoms. The molecule has 2 aromatic rings. The number of hydrogen-bond donors (Lipinski definition) is 1. The van der Waals surface area contributed by atoms with Gasteiger partial charge in [-0.25, -0.2) is 9.69 Å². The number of anilines is 1. The second kappa shape index (κ2) is 6.81. The number of fused-ring (bicyclic) bond motifs is 1. The van der Waals surface area contributed by atoms with Gasteiger partial charge < -0.3 is 10.1 Å². The molecule has 2 fully saturated rings. The zero-order valence-electron chi connectivity index (χ0n) is 17.0. The van der Waals surface area contributed by atoms with Crippen molar-refractivity contribution in [1.29, 1.82) is 0 Å². The maximum absolute atomic E-state index is 13.5. The van der Waals surface area contributed by atoms with Gasteiger partial charge >= 0.3 is 5.97 Å². The summed E-state index contributed by atoms with van der Waals surface area (Å²) in [5, 5.41) is 1.85. The van der Waals surface area contributed by atoms with Crippen LogP contribution in [0.4, 0.5) is 5.69 Å². The molecule has 2 amide bonds. The van der Waals surface area contributed by atoms with Crippen molar-refractivity contribution in [2.75, 3.05) is 12.0 Å². The summed E-state index contributed by atoms with van der Waals surface area (Å²) in [6, 6.07) is 14.7. The lowest BCUT2D eigenvalue weighted by molar-refractivity contribution is -0.730. The van der Waals surface area contributed by atoms with Gasteiger partial charge in [0.15, 0.2) is 0 Å². The van der Waals surface area contributed by atoms with Crippen LogP contribution in [0.5, 0.6) is 0 Å². The van der Waals surface area contributed by atoms with Gasteiger partial charge in [-0.05, 0) is 31.5 Å². The number of ether oxygens (including phenoxy) is 1. The number of carbonyl (C=O) groups is 3. The number of methoxy groups -OCH3 is 1. The average Bonchev–Trinajstić information content (AvgIpc) is 3.16. The van der Waals surface area contributed by atoms with Crippen LogP contribution < -0.4 is 10.2 Å². The van der Waals surface area contributed by atoms with Crippen LogP contribution in [0.1, 0.15) is 29.7 Å². The molecule has 0 bridgehead atoms. The molecule has 2 aliphatic rings. The van der Waals surface area contributed by atoms with Gasteiger partial charge in [0.25, 0.3) is 0 Å². The Balaban J connectivity index is 1.84. The van der Waals surface area contributed by atoms with E-state index in [4.69, 9.17) is 4.74 Å². The topological polar surface area (TPSA) is 80.3 Å². The molecule has 150 valence electrons. The van der Waals surface area contributed by atoms with E-state index in [2.05, 4.69) is 0 Å². The second-order valence-corrected chi connectivity index (χ2v) is 8.17. The number of nitrogens with zero attached hydrogens (tertiary/aromatic N) is 1. The third-order valence-corrected chi connectivity index (χ3v) is 6.37. The number of hydrogen-bond acceptors (Lipinski definition) is 4. The van der Waals surface area contributed by atoms with E-state index in [1.54, 1.807) is 19.1 Å². The van der Waals surface area contributed by atoms with Crippen LogP contribution in [0, 0.1) is 25.7 Å². The van der Waals surface area contributed by atoms with E-state index in [1.165, 1.54) is 12.0 Å². The molecular weight excluding hydrogens is 368 g/mol. The third kappa shape index (κ3) is 2.78. The first-order valence-corrected chi connectivity index (χ1v) is 9.74. The Kier molecular flexibility index (Phi) is 4.54. The molecule has 2 saturated heterocycles. The van der Waals surface area contributed by atoms with Crippen molar-refractivity contribution in [1.82, 2.24) is 0 Å². The summed E-state index contributed by atoms with van der Waals surface area (Å²) in [6.45, 7) is 5.63. The number of rotatable bonds is 3. The predicted molar refractivity (Wildman–Crippen MR) is 107 cm³/mol. The maximum Gasteiger partial charge on any atom is 0.368 e. The summed E-state index contributed by atoms with van der Waals surface area (Å²) >= 11 is 0. The lowest BCUT2D eigenvalue weighted by Crippen LogP contribution is -2.97. The summed E-state index contributed by atoms with van der Waals surface area (Å²) in [5.41, 5.74) is 2.39. The Labute approximate surface area is 169 Å². The molecule has 0 saturated carbocycles. The highest BCUT2D eigenvalue weighted by Crippen LogP contribution is 2.46. The second-order valence-electron chi connectivity index (χ2n) is 8.17. The molecule has 2 N–H and O–H groups in total. The van der Waals surface area contributed by atoms with Crippen molar-refractivity contribution in [3.8, 4) is 0 Å². The highest BCUT2D eigenvalue weighted by molar-refractivity contribution is 6.23. The minimum Gasteiger partial charge on any atom is -0.464 e. The fourth-order valence-electron chi connectivity index (χ4n) is 4.87. The van der Waals surface area contributed by atoms with E-state index >= 15 is 0 Å². The summed E-state index contributed by atoms with van der Waals surface area (Å²) < 4.78 is 5.05. The quantitative estimate of drug-likeness (QED) is 0.635. The van der Waals surface area contributed by atoms with Gasteiger partial charge in [-0.15, -0.1) is 0 Å². The van der Waals surface area contributed by atoms with Gasteiger partial charge in [-0.3, -0.25) is 9.59 Å². The van der Waals surface area contributed by atoms with Crippen LogP contribution in [0.25, 0.3) is 0 Å². The smallest absolute Gasteiger partial charge is 0.368 e. The van der Waals surface area contributed by atoms with Crippen LogP contribution in [-0.4, -0.2) is 30.4 Å². The Morgan fingerprint density at radius 3 is 2.31 bits per heavy atom. The van der Waals surface area contributed by atoms with Crippen molar-refractivity contribution < 1.29 is 24.4 Å². The Morgan fingerprint density at radius 1 is 1.03 bits per heavy atom. The van der Waals surface area contributed by atoms with Crippen molar-refractivity contribution in [3.63, 3.8) is 0 Å². The number of amides is 2. The zero-order valence-corrected chi connectivity index (χ0v) is 17.0. The average molecular weight is 393 g/mol. The number of nitrogens with two attached hydrogens (primary N) is 1. The summed E-state index contributed by atoms with van der Waals surface area (Å²) in [7, 11) is 1.32. The Hall–Kier alpha value is -2.99. The fourth-order valence-corrected chi connectivity index (χ4v) is 4.87. The van der Waals surface area contributed by atoms with E-state index in [0.29, 0.717) is 5.69 Å². The summed E-state index contributed by atoms with van der Waals surface area (Å²) in [5.74, 6) is -2.51. The molecule has 6 heteroatoms. The lowest BCUT2D eigenvalue weighted by Gasteiger charge is -2.26. The monoisotopic (exact) mass is 393 g/mol. The molecule has 2 aromatic carbocycles. The van der Waals surface area contributed by atoms with E-state index < -0.39 is 23.3 Å². The van der Waals surface area contributed by atoms with E-state index in [9.17, 15) is 14.4 Å². The van der Waals surface area contributed by atoms with Gasteiger partial charge in [-0.2, -0.15) is 0 Å². The molecular formula is C23H25N2O4+. The molecule has 4 rings (SSSR count). The van der Waals surface area contributed by atoms with Gasteiger partial charge in [0.1, 0.15) is 17.9 Å². The van der Waals surface area contributed by atoms with Crippen LogP contribution in [0.3, 0.4) is 0 Å². The van der Waals surface area contributed by atoms with E-state index in [-0.39, 0.29) is 17.9 Å². The maximum atomic E-state index is 13.5. The molecule has 0 unspecified atom stereocenters. The molecule has 0 aliphatic carbocycles. The van der Waals surface area contributed by atoms with Gasteiger partial charge in [0, 0.05) is 12.5 Å². The van der Waals surface area contributed by atoms with Crippen LogP contribution >= 0.6 is 0 Å². The van der Waals surface area contributed by atoms with Crippen molar-refractivity contribution in [2.45, 2.75) is 32.4 Å². The highest BCUT2D eigenvalue weighted by Gasteiger charge is 2.70. The lowest BCUT2D eigenvalue weighted by atomic mass is 9.80. The number of esters is 1. The van der Waals surface area contributed by atoms with Crippen molar-refractivity contribution >= 4 is 23.5 Å². The largest absolute Gasteiger partial charge is 0.464 e. The van der Waals surface area contributed by atoms with E-state index in [1.807, 2.05) is 55.6 Å². The van der Waals surface area contributed by atoms with Gasteiger partial charge in [-0.1, -0.05) is 42.0 Å². The van der Waals surface area contributed by atoms with Crippen LogP contribution in [-0.2, 0) is 19.1 Å². The van der Waals surface area contributed by atoms with E-state index in [0.717, 1.165) is 16.7 Å². The fraction of sp³-hybridized carbons (Fsp3) is 0.348. The normalized spacial score (nSPS) is 28.6. The molecule has 0 radical (unpaired) electrons. The highest BCUT2D eigenvalue weighted by atomic mass is 16.5. The molecule has 4 atom stereocenters. The number of aryl methyl sites for hydroxylation is 2. The number of quaternary nitrogens is 1. The van der Waals surface area contributed by atoms with Crippen LogP contribution in [0.15, 0.2) is 48.5 Å². The SMILES string of the molecule is COC(=O)[C@]1(C)[NH2+][C@H](c2ccccc2C)[C@H]2C(=O)N(c3ccc(C)cc3)C(=O)[C@@H]21. The zero-order chi connectivity index (χ0) is 20.9. The first kappa shape index (κ1) is 19.3. The summed E-state index contributed by atoms with van der Waals surface area (Å²) in [6.07, 6.45) is 0. The molecule has 0 spiro atoms.